The molecule has 0 spiro atoms. The van der Waals surface area contributed by atoms with E-state index < -0.39 is 18.4 Å². The van der Waals surface area contributed by atoms with Gasteiger partial charge in [0.15, 0.2) is 0 Å². The molecule has 0 aliphatic heterocycles. The Labute approximate surface area is 131 Å². The molecule has 0 N–H and O–H groups in total. The number of aryl methyl sites for hydroxylation is 1. The van der Waals surface area contributed by atoms with Crippen molar-refractivity contribution < 1.29 is 0 Å². The van der Waals surface area contributed by atoms with Crippen molar-refractivity contribution in [3.8, 4) is 0 Å². The van der Waals surface area contributed by atoms with E-state index in [0.29, 0.717) is 0 Å². The predicted molar refractivity (Wildman–Crippen MR) is 94.5 cm³/mol. The third-order valence-electron chi connectivity index (χ3n) is 3.99. The molecule has 0 atom stereocenters. The van der Waals surface area contributed by atoms with Crippen molar-refractivity contribution in [2.75, 3.05) is 0 Å². The van der Waals surface area contributed by atoms with E-state index in [0.717, 1.165) is 0 Å². The summed E-state index contributed by atoms with van der Waals surface area (Å²) in [5.41, 5.74) is 0. The number of hydrogen-bond acceptors (Lipinski definition) is 1. The number of unbranched alkanes of at least 4 members (excludes halogenated alkanes) is 2. The van der Waals surface area contributed by atoms with Crippen LogP contribution in [0, 0.1) is 0 Å². The van der Waals surface area contributed by atoms with E-state index in [-0.39, 0.29) is 0 Å². The third kappa shape index (κ3) is 6.19. The second kappa shape index (κ2) is 11.6. The Kier molecular flexibility index (Phi) is 11.6. The van der Waals surface area contributed by atoms with Crippen LogP contribution in [0.15, 0.2) is 12.5 Å². The van der Waals surface area contributed by atoms with Gasteiger partial charge in [-0.3, -0.25) is 0 Å². The maximum atomic E-state index is 4.77. The SMILES string of the molecule is CC.CCC[CH2][Sn]([CH2]CC)([CH2]CCC)[c]1cn(C)cn1. The van der Waals surface area contributed by atoms with E-state index in [2.05, 4.69) is 38.6 Å². The van der Waals surface area contributed by atoms with Gasteiger partial charge in [0, 0.05) is 0 Å². The van der Waals surface area contributed by atoms with Crippen LogP contribution in [0.5, 0.6) is 0 Å². The van der Waals surface area contributed by atoms with Crippen LogP contribution < -0.4 is 3.71 Å². The van der Waals surface area contributed by atoms with Crippen molar-refractivity contribution in [2.45, 2.75) is 80.0 Å². The van der Waals surface area contributed by atoms with Gasteiger partial charge in [0.1, 0.15) is 0 Å². The molecule has 1 aromatic rings. The molecule has 0 saturated heterocycles. The molecule has 1 rings (SSSR count). The molecule has 2 nitrogen and oxygen atoms in total. The molecule has 1 aromatic heterocycles. The average Bonchev–Trinajstić information content (AvgIpc) is 2.91. The van der Waals surface area contributed by atoms with Gasteiger partial charge in [-0.1, -0.05) is 13.8 Å². The summed E-state index contributed by atoms with van der Waals surface area (Å²) in [6, 6.07) is 0. The van der Waals surface area contributed by atoms with Crippen LogP contribution in [-0.2, 0) is 7.05 Å². The zero-order chi connectivity index (χ0) is 15.4. The van der Waals surface area contributed by atoms with Gasteiger partial charge >= 0.3 is 117 Å². The number of hydrogen-bond donors (Lipinski definition) is 0. The quantitative estimate of drug-likeness (QED) is 0.539. The molecule has 0 aliphatic rings. The normalized spacial score (nSPS) is 11.1. The molecular formula is C17H36N2Sn. The van der Waals surface area contributed by atoms with Crippen LogP contribution in [0.3, 0.4) is 0 Å². The summed E-state index contributed by atoms with van der Waals surface area (Å²) in [7, 11) is 2.11. The summed E-state index contributed by atoms with van der Waals surface area (Å²) in [5.74, 6) is 0. The van der Waals surface area contributed by atoms with E-state index >= 15 is 0 Å². The van der Waals surface area contributed by atoms with Crippen LogP contribution in [0.1, 0.15) is 66.7 Å². The first-order chi connectivity index (χ1) is 9.68. The molecule has 3 heteroatoms. The van der Waals surface area contributed by atoms with Gasteiger partial charge in [-0.05, 0) is 0 Å². The predicted octanol–water partition coefficient (Wildman–Crippen LogP) is 5.11. The Bertz CT molecular complexity index is 325. The van der Waals surface area contributed by atoms with E-state index in [1.165, 1.54) is 49.1 Å². The monoisotopic (exact) mass is 388 g/mol. The number of imidazole rings is 1. The van der Waals surface area contributed by atoms with Crippen molar-refractivity contribution in [3.05, 3.63) is 12.5 Å². The van der Waals surface area contributed by atoms with Crippen molar-refractivity contribution in [3.63, 3.8) is 0 Å². The number of nitrogens with zero attached hydrogens (tertiary/aromatic N) is 2. The molecule has 0 radical (unpaired) electrons. The van der Waals surface area contributed by atoms with Crippen LogP contribution in [0.2, 0.25) is 13.3 Å². The fourth-order valence-corrected chi connectivity index (χ4v) is 18.2. The summed E-state index contributed by atoms with van der Waals surface area (Å²) in [6.45, 7) is 11.0. The fourth-order valence-electron chi connectivity index (χ4n) is 2.95. The number of rotatable bonds is 9. The maximum absolute atomic E-state index is 4.77. The van der Waals surface area contributed by atoms with Crippen LogP contribution >= 0.6 is 0 Å². The molecule has 20 heavy (non-hydrogen) atoms. The van der Waals surface area contributed by atoms with Crippen LogP contribution in [0.25, 0.3) is 0 Å². The molecular weight excluding hydrogens is 351 g/mol. The molecule has 0 saturated carbocycles. The van der Waals surface area contributed by atoms with Crippen molar-refractivity contribution in [2.24, 2.45) is 7.05 Å². The summed E-state index contributed by atoms with van der Waals surface area (Å²) in [4.78, 5) is 4.77. The van der Waals surface area contributed by atoms with Crippen molar-refractivity contribution in [1.29, 1.82) is 0 Å². The molecule has 0 unspecified atom stereocenters. The molecule has 118 valence electrons. The molecule has 0 bridgehead atoms. The van der Waals surface area contributed by atoms with Gasteiger partial charge in [-0.2, -0.15) is 0 Å². The van der Waals surface area contributed by atoms with Gasteiger partial charge in [0.05, 0.1) is 0 Å². The van der Waals surface area contributed by atoms with Crippen LogP contribution in [0.4, 0.5) is 0 Å². The summed E-state index contributed by atoms with van der Waals surface area (Å²) in [6.07, 6.45) is 11.2. The average molecular weight is 387 g/mol. The first kappa shape index (κ1) is 20.0. The van der Waals surface area contributed by atoms with Gasteiger partial charge < -0.3 is 0 Å². The second-order valence-corrected chi connectivity index (χ2v) is 18.7. The molecule has 0 aromatic carbocycles. The topological polar surface area (TPSA) is 17.8 Å². The third-order valence-corrected chi connectivity index (χ3v) is 19.5. The molecule has 1 heterocycles. The Morgan fingerprint density at radius 2 is 1.50 bits per heavy atom. The minimum absolute atomic E-state index is 1.33. The Hall–Kier alpha value is 0.00870. The zero-order valence-corrected chi connectivity index (χ0v) is 17.6. The van der Waals surface area contributed by atoms with Gasteiger partial charge in [0.25, 0.3) is 0 Å². The van der Waals surface area contributed by atoms with E-state index in [1.807, 2.05) is 20.2 Å². The Morgan fingerprint density at radius 1 is 0.950 bits per heavy atom. The molecule has 0 amide bonds. The summed E-state index contributed by atoms with van der Waals surface area (Å²) >= 11 is -2.17. The van der Waals surface area contributed by atoms with Crippen molar-refractivity contribution >= 4 is 22.1 Å². The second-order valence-electron chi connectivity index (χ2n) is 5.66. The van der Waals surface area contributed by atoms with Gasteiger partial charge in [-0.25, -0.2) is 0 Å². The van der Waals surface area contributed by atoms with E-state index in [9.17, 15) is 0 Å². The Balaban J connectivity index is 0.00000172. The minimum atomic E-state index is -2.17. The standard InChI is InChI=1S/C4H5N2.2C4H9.C3H7.C2H6.Sn/c1-6-3-2-5-4-6;2*1-3-4-2;1-3-2;1-2;/h3-4H,1H3;2*1,3-4H2,2H3;1,3H2,2H3;1-2H3;. The van der Waals surface area contributed by atoms with Gasteiger partial charge in [-0.15, -0.1) is 0 Å². The zero-order valence-electron chi connectivity index (χ0n) is 14.7. The van der Waals surface area contributed by atoms with Crippen molar-refractivity contribution in [1.82, 2.24) is 9.55 Å². The van der Waals surface area contributed by atoms with E-state index in [1.54, 1.807) is 0 Å². The summed E-state index contributed by atoms with van der Waals surface area (Å²) in [5, 5.41) is 0. The first-order valence-electron chi connectivity index (χ1n) is 8.67. The fraction of sp³-hybridized carbons (Fsp3) is 0.824. The molecule has 0 fully saturated rings. The summed E-state index contributed by atoms with van der Waals surface area (Å²) < 4.78 is 8.20. The number of aromatic nitrogens is 2. The van der Waals surface area contributed by atoms with Gasteiger partial charge in [0.2, 0.25) is 0 Å². The Morgan fingerprint density at radius 3 is 1.85 bits per heavy atom. The van der Waals surface area contributed by atoms with Crippen LogP contribution in [-0.4, -0.2) is 27.9 Å². The molecule has 0 aliphatic carbocycles. The van der Waals surface area contributed by atoms with E-state index in [4.69, 9.17) is 4.98 Å². The first-order valence-corrected chi connectivity index (χ1v) is 16.1.